The molecule has 0 atom stereocenters. The Hall–Kier alpha value is -12.4. The summed E-state index contributed by atoms with van der Waals surface area (Å²) in [5, 5.41) is 19.2. The Labute approximate surface area is 517 Å². The SMILES string of the molecule is N#Cc1ccc(-c2cc(-c3ccc4c(c3)c3cc(-c5ccc6c(c5)c5ccccc5n6-c5ccccc5)ccc3n4-c3ccccc3)nc(-c3ccc4c(c3)c3cc(-c5ccc6c(c5)c5ccccc5n6-c5ccccc5)ccc3n4-c3ccccc3)n2)cc1. The lowest BCUT2D eigenvalue weighted by molar-refractivity contribution is 1.17. The van der Waals surface area contributed by atoms with Crippen LogP contribution in [-0.2, 0) is 0 Å². The summed E-state index contributed by atoms with van der Waals surface area (Å²) in [6.07, 6.45) is 0. The van der Waals surface area contributed by atoms with Crippen molar-refractivity contribution in [2.75, 3.05) is 0 Å². The molecule has 0 spiro atoms. The molecule has 0 aliphatic heterocycles. The molecule has 0 aliphatic rings. The second-order valence-corrected chi connectivity index (χ2v) is 23.3. The largest absolute Gasteiger partial charge is 0.309 e. The summed E-state index contributed by atoms with van der Waals surface area (Å²) in [4.78, 5) is 10.9. The van der Waals surface area contributed by atoms with Gasteiger partial charge < -0.3 is 18.3 Å². The van der Waals surface area contributed by atoms with Crippen molar-refractivity contribution in [3.8, 4) is 85.0 Å². The van der Waals surface area contributed by atoms with Gasteiger partial charge in [-0.15, -0.1) is 0 Å². The van der Waals surface area contributed by atoms with Gasteiger partial charge in [-0.2, -0.15) is 5.26 Å². The predicted molar refractivity (Wildman–Crippen MR) is 371 cm³/mol. The highest BCUT2D eigenvalue weighted by atomic mass is 15.0. The highest BCUT2D eigenvalue weighted by molar-refractivity contribution is 6.15. The Morgan fingerprint density at radius 3 is 0.856 bits per heavy atom. The van der Waals surface area contributed by atoms with Crippen molar-refractivity contribution in [1.82, 2.24) is 28.2 Å². The van der Waals surface area contributed by atoms with Crippen molar-refractivity contribution < 1.29 is 0 Å². The van der Waals surface area contributed by atoms with Gasteiger partial charge in [0.1, 0.15) is 0 Å². The number of hydrogen-bond donors (Lipinski definition) is 0. The first-order valence-electron chi connectivity index (χ1n) is 30.4. The molecular weight excluding hydrogens is 1090 g/mol. The standard InChI is InChI=1S/C83H51N7/c84-52-53-29-31-54(32-30-53)73-51-74(59-37-43-81-71(49-59)69-47-57(35-41-79(69)89(81)63-21-9-3-10-22-63)55-33-39-77-67(45-55)65-25-13-15-27-75(65)87(77)61-17-5-1-6-18-61)86-83(85-73)60-38-44-82-72(50-60)70-48-58(36-42-80(70)90(82)64-23-11-4-12-24-64)56-34-40-78-68(46-56)66-26-14-16-28-76(66)88(78)62-19-7-2-8-20-62/h1-51H. The van der Waals surface area contributed by atoms with E-state index in [-0.39, 0.29) is 0 Å². The zero-order valence-electron chi connectivity index (χ0n) is 48.6. The van der Waals surface area contributed by atoms with Crippen LogP contribution in [0.1, 0.15) is 5.56 Å². The first kappa shape index (κ1) is 50.9. The van der Waals surface area contributed by atoms with E-state index in [1.54, 1.807) is 0 Å². The highest BCUT2D eigenvalue weighted by Crippen LogP contribution is 2.43. The number of rotatable bonds is 9. The van der Waals surface area contributed by atoms with Gasteiger partial charge in [0.25, 0.3) is 0 Å². The van der Waals surface area contributed by atoms with Crippen LogP contribution in [0.25, 0.3) is 166 Å². The van der Waals surface area contributed by atoms with E-state index in [1.165, 1.54) is 43.6 Å². The molecule has 7 heteroatoms. The predicted octanol–water partition coefficient (Wildman–Crippen LogP) is 21.1. The van der Waals surface area contributed by atoms with Gasteiger partial charge in [0, 0.05) is 82.5 Å². The minimum absolute atomic E-state index is 0.588. The van der Waals surface area contributed by atoms with Crippen molar-refractivity contribution in [1.29, 1.82) is 5.26 Å². The Morgan fingerprint density at radius 1 is 0.222 bits per heavy atom. The molecule has 5 heterocycles. The monoisotopic (exact) mass is 1150 g/mol. The third kappa shape index (κ3) is 8.13. The molecular formula is C83H51N7. The number of para-hydroxylation sites is 6. The molecule has 18 aromatic rings. The van der Waals surface area contributed by atoms with Crippen LogP contribution in [0.2, 0.25) is 0 Å². The van der Waals surface area contributed by atoms with E-state index in [9.17, 15) is 5.26 Å². The minimum atomic E-state index is 0.588. The van der Waals surface area contributed by atoms with E-state index in [0.29, 0.717) is 11.4 Å². The minimum Gasteiger partial charge on any atom is -0.309 e. The average molecular weight is 1150 g/mol. The normalized spacial score (nSPS) is 11.8. The van der Waals surface area contributed by atoms with E-state index in [0.717, 1.165) is 117 Å². The number of hydrogen-bond acceptors (Lipinski definition) is 3. The summed E-state index contributed by atoms with van der Waals surface area (Å²) in [7, 11) is 0. The maximum atomic E-state index is 9.88. The molecule has 0 bridgehead atoms. The van der Waals surface area contributed by atoms with Gasteiger partial charge in [-0.05, 0) is 180 Å². The van der Waals surface area contributed by atoms with Crippen LogP contribution in [-0.4, -0.2) is 28.2 Å². The van der Waals surface area contributed by atoms with Crippen LogP contribution in [0.15, 0.2) is 309 Å². The molecule has 18 rings (SSSR count). The molecule has 418 valence electrons. The van der Waals surface area contributed by atoms with Crippen LogP contribution >= 0.6 is 0 Å². The topological polar surface area (TPSA) is 69.3 Å². The maximum absolute atomic E-state index is 9.88. The number of nitriles is 1. The summed E-state index contributed by atoms with van der Waals surface area (Å²) in [6, 6.07) is 113. The van der Waals surface area contributed by atoms with Crippen molar-refractivity contribution >= 4 is 87.2 Å². The molecule has 0 amide bonds. The number of fused-ring (bicyclic) bond motifs is 12. The van der Waals surface area contributed by atoms with E-state index >= 15 is 0 Å². The van der Waals surface area contributed by atoms with Crippen LogP contribution in [0, 0.1) is 11.3 Å². The molecule has 0 saturated heterocycles. The molecule has 0 radical (unpaired) electrons. The van der Waals surface area contributed by atoms with E-state index in [2.05, 4.69) is 309 Å². The van der Waals surface area contributed by atoms with Gasteiger partial charge in [-0.25, -0.2) is 9.97 Å². The molecule has 7 nitrogen and oxygen atoms in total. The van der Waals surface area contributed by atoms with Crippen molar-refractivity contribution in [2.45, 2.75) is 0 Å². The van der Waals surface area contributed by atoms with E-state index < -0.39 is 0 Å². The summed E-state index contributed by atoms with van der Waals surface area (Å²) in [5.41, 5.74) is 23.0. The maximum Gasteiger partial charge on any atom is 0.160 e. The fourth-order valence-electron chi connectivity index (χ4n) is 14.0. The van der Waals surface area contributed by atoms with Gasteiger partial charge in [0.15, 0.2) is 5.82 Å². The molecule has 0 fully saturated rings. The molecule has 0 saturated carbocycles. The first-order valence-corrected chi connectivity index (χ1v) is 30.4. The third-order valence-corrected chi connectivity index (χ3v) is 18.2. The summed E-state index contributed by atoms with van der Waals surface area (Å²) < 4.78 is 9.47. The Balaban J connectivity index is 0.806. The Morgan fingerprint density at radius 2 is 0.489 bits per heavy atom. The quantitative estimate of drug-likeness (QED) is 0.145. The van der Waals surface area contributed by atoms with Crippen LogP contribution < -0.4 is 0 Å². The van der Waals surface area contributed by atoms with Gasteiger partial charge in [0.2, 0.25) is 0 Å². The lowest BCUT2D eigenvalue weighted by atomic mass is 9.99. The van der Waals surface area contributed by atoms with Gasteiger partial charge in [-0.1, -0.05) is 152 Å². The smallest absolute Gasteiger partial charge is 0.160 e. The first-order chi connectivity index (χ1) is 44.6. The average Bonchev–Trinajstić information content (AvgIpc) is 1.87. The van der Waals surface area contributed by atoms with Crippen molar-refractivity contribution in [2.24, 2.45) is 0 Å². The van der Waals surface area contributed by atoms with Crippen LogP contribution in [0.4, 0.5) is 0 Å². The zero-order valence-corrected chi connectivity index (χ0v) is 48.6. The van der Waals surface area contributed by atoms with Crippen LogP contribution in [0.3, 0.4) is 0 Å². The fourth-order valence-corrected chi connectivity index (χ4v) is 14.0. The Bertz CT molecular complexity index is 5610. The number of aromatic nitrogens is 6. The lowest BCUT2D eigenvalue weighted by Gasteiger charge is -2.11. The zero-order chi connectivity index (χ0) is 59.4. The second-order valence-electron chi connectivity index (χ2n) is 23.3. The molecule has 13 aromatic carbocycles. The van der Waals surface area contributed by atoms with Crippen LogP contribution in [0.5, 0.6) is 0 Å². The summed E-state index contributed by atoms with van der Waals surface area (Å²) in [6.45, 7) is 0. The summed E-state index contributed by atoms with van der Waals surface area (Å²) in [5.74, 6) is 0.601. The van der Waals surface area contributed by atoms with Gasteiger partial charge >= 0.3 is 0 Å². The van der Waals surface area contributed by atoms with Crippen molar-refractivity contribution in [3.63, 3.8) is 0 Å². The fraction of sp³-hybridized carbons (Fsp3) is 0. The van der Waals surface area contributed by atoms with E-state index in [4.69, 9.17) is 9.97 Å². The Kier molecular flexibility index (Phi) is 11.5. The third-order valence-electron chi connectivity index (χ3n) is 18.2. The van der Waals surface area contributed by atoms with Gasteiger partial charge in [-0.3, -0.25) is 0 Å². The van der Waals surface area contributed by atoms with E-state index in [1.807, 2.05) is 24.3 Å². The number of nitrogens with zero attached hydrogens (tertiary/aromatic N) is 7. The van der Waals surface area contributed by atoms with Gasteiger partial charge in [0.05, 0.1) is 67.2 Å². The molecule has 0 N–H and O–H groups in total. The second kappa shape index (κ2) is 20.4. The lowest BCUT2D eigenvalue weighted by Crippen LogP contribution is -1.97. The number of benzene rings is 13. The molecule has 90 heavy (non-hydrogen) atoms. The highest BCUT2D eigenvalue weighted by Gasteiger charge is 2.22. The molecule has 5 aromatic heterocycles. The summed E-state index contributed by atoms with van der Waals surface area (Å²) >= 11 is 0. The van der Waals surface area contributed by atoms with Crippen molar-refractivity contribution in [3.05, 3.63) is 315 Å². The molecule has 0 unspecified atom stereocenters. The molecule has 0 aliphatic carbocycles.